The molecule has 0 radical (unpaired) electrons. The Morgan fingerprint density at radius 2 is 2.22 bits per heavy atom. The first-order valence-corrected chi connectivity index (χ1v) is 6.97. The number of hydrogen-bond acceptors (Lipinski definition) is 3. The number of benzene rings is 1. The first-order valence-electron chi connectivity index (χ1n) is 5.78. The molecule has 2 nitrogen and oxygen atoms in total. The van der Waals surface area contributed by atoms with E-state index in [-0.39, 0.29) is 5.02 Å². The zero-order chi connectivity index (χ0) is 13.1. The number of hydrogen-bond donors (Lipinski definition) is 1. The van der Waals surface area contributed by atoms with Crippen molar-refractivity contribution in [2.75, 3.05) is 5.73 Å². The quantitative estimate of drug-likeness (QED) is 0.919. The average Bonchev–Trinajstić information content (AvgIpc) is 2.65. The summed E-state index contributed by atoms with van der Waals surface area (Å²) < 4.78 is 13.1. The minimum atomic E-state index is -0.391. The Balaban J connectivity index is 2.24. The van der Waals surface area contributed by atoms with Gasteiger partial charge >= 0.3 is 0 Å². The first kappa shape index (κ1) is 13.3. The van der Waals surface area contributed by atoms with Crippen LogP contribution in [0.25, 0.3) is 0 Å². The second kappa shape index (κ2) is 5.67. The molecule has 18 heavy (non-hydrogen) atoms. The van der Waals surface area contributed by atoms with Gasteiger partial charge in [0.1, 0.15) is 5.82 Å². The Labute approximate surface area is 115 Å². The molecule has 2 N–H and O–H groups in total. The largest absolute Gasteiger partial charge is 0.375 e. The Morgan fingerprint density at radius 3 is 2.89 bits per heavy atom. The fourth-order valence-corrected chi connectivity index (χ4v) is 2.92. The second-order valence-corrected chi connectivity index (χ2v) is 5.62. The van der Waals surface area contributed by atoms with E-state index in [1.807, 2.05) is 0 Å². The van der Waals surface area contributed by atoms with Crippen LogP contribution in [0.2, 0.25) is 5.02 Å². The Morgan fingerprint density at radius 1 is 1.44 bits per heavy atom. The summed E-state index contributed by atoms with van der Waals surface area (Å²) in [6.45, 7) is 2.11. The topological polar surface area (TPSA) is 38.9 Å². The molecule has 0 spiro atoms. The van der Waals surface area contributed by atoms with Gasteiger partial charge in [0.25, 0.3) is 0 Å². The van der Waals surface area contributed by atoms with Crippen LogP contribution in [0.5, 0.6) is 0 Å². The number of halogens is 2. The molecule has 0 saturated heterocycles. The van der Waals surface area contributed by atoms with E-state index in [1.165, 1.54) is 17.4 Å². The molecule has 2 rings (SSSR count). The maximum atomic E-state index is 13.1. The first-order chi connectivity index (χ1) is 8.60. The van der Waals surface area contributed by atoms with Gasteiger partial charge in [0.2, 0.25) is 0 Å². The molecule has 0 fully saturated rings. The molecule has 96 valence electrons. The van der Waals surface area contributed by atoms with Crippen LogP contribution in [0, 0.1) is 5.82 Å². The Kier molecular flexibility index (Phi) is 4.19. The van der Waals surface area contributed by atoms with Crippen molar-refractivity contribution < 1.29 is 4.39 Å². The van der Waals surface area contributed by atoms with Gasteiger partial charge in [-0.05, 0) is 24.1 Å². The van der Waals surface area contributed by atoms with Gasteiger partial charge in [-0.15, -0.1) is 11.3 Å². The standard InChI is InChI=1S/C13H14ClFN2S/c1-2-3-11-12(18-13(16)17-11)7-8-4-5-10(15)9(14)6-8/h4-6H,2-3,7H2,1H3,(H2,16,17). The lowest BCUT2D eigenvalue weighted by atomic mass is 10.1. The summed E-state index contributed by atoms with van der Waals surface area (Å²) in [5.74, 6) is -0.391. The third-order valence-corrected chi connectivity index (χ3v) is 3.85. The number of aryl methyl sites for hydroxylation is 1. The molecule has 1 aromatic carbocycles. The molecule has 2 aromatic rings. The third-order valence-electron chi connectivity index (χ3n) is 2.63. The molecule has 0 atom stereocenters. The van der Waals surface area contributed by atoms with Crippen molar-refractivity contribution in [3.8, 4) is 0 Å². The summed E-state index contributed by atoms with van der Waals surface area (Å²) in [6.07, 6.45) is 2.64. The lowest BCUT2D eigenvalue weighted by molar-refractivity contribution is 0.627. The predicted octanol–water partition coefficient (Wildman–Crippen LogP) is 4.06. The van der Waals surface area contributed by atoms with Gasteiger partial charge in [-0.3, -0.25) is 0 Å². The molecule has 5 heteroatoms. The fourth-order valence-electron chi connectivity index (χ4n) is 1.81. The number of rotatable bonds is 4. The summed E-state index contributed by atoms with van der Waals surface area (Å²) in [4.78, 5) is 5.46. The smallest absolute Gasteiger partial charge is 0.180 e. The zero-order valence-electron chi connectivity index (χ0n) is 10.0. The van der Waals surface area contributed by atoms with Gasteiger partial charge in [0.15, 0.2) is 5.13 Å². The number of aromatic nitrogens is 1. The van der Waals surface area contributed by atoms with E-state index < -0.39 is 5.82 Å². The van der Waals surface area contributed by atoms with E-state index in [2.05, 4.69) is 11.9 Å². The van der Waals surface area contributed by atoms with Crippen molar-refractivity contribution in [1.29, 1.82) is 0 Å². The monoisotopic (exact) mass is 284 g/mol. The predicted molar refractivity (Wildman–Crippen MR) is 74.7 cm³/mol. The van der Waals surface area contributed by atoms with E-state index >= 15 is 0 Å². The normalized spacial score (nSPS) is 10.8. The van der Waals surface area contributed by atoms with E-state index in [0.29, 0.717) is 11.6 Å². The maximum Gasteiger partial charge on any atom is 0.180 e. The lowest BCUT2D eigenvalue weighted by Gasteiger charge is -2.03. The van der Waals surface area contributed by atoms with Crippen LogP contribution >= 0.6 is 22.9 Å². The summed E-state index contributed by atoms with van der Waals surface area (Å²) in [6, 6.07) is 4.79. The molecule has 0 aliphatic heterocycles. The molecular formula is C13H14ClFN2S. The van der Waals surface area contributed by atoms with Gasteiger partial charge < -0.3 is 5.73 Å². The van der Waals surface area contributed by atoms with Gasteiger partial charge in [-0.25, -0.2) is 9.37 Å². The lowest BCUT2D eigenvalue weighted by Crippen LogP contribution is -1.93. The molecule has 0 aliphatic rings. The highest BCUT2D eigenvalue weighted by molar-refractivity contribution is 7.15. The van der Waals surface area contributed by atoms with Crippen molar-refractivity contribution in [2.45, 2.75) is 26.2 Å². The second-order valence-electron chi connectivity index (χ2n) is 4.10. The maximum absolute atomic E-state index is 13.1. The van der Waals surface area contributed by atoms with Crippen molar-refractivity contribution in [1.82, 2.24) is 4.98 Å². The summed E-state index contributed by atoms with van der Waals surface area (Å²) in [5, 5.41) is 0.740. The molecule has 0 amide bonds. The third kappa shape index (κ3) is 3.00. The summed E-state index contributed by atoms with van der Waals surface area (Å²) in [7, 11) is 0. The number of thiazole rings is 1. The van der Waals surface area contributed by atoms with Crippen LogP contribution in [0.15, 0.2) is 18.2 Å². The zero-order valence-corrected chi connectivity index (χ0v) is 11.6. The molecule has 0 aliphatic carbocycles. The Bertz CT molecular complexity index is 554. The number of nitrogens with zero attached hydrogens (tertiary/aromatic N) is 1. The average molecular weight is 285 g/mol. The summed E-state index contributed by atoms with van der Waals surface area (Å²) in [5.41, 5.74) is 7.76. The van der Waals surface area contributed by atoms with Crippen molar-refractivity contribution >= 4 is 28.1 Å². The van der Waals surface area contributed by atoms with Crippen LogP contribution in [0.4, 0.5) is 9.52 Å². The van der Waals surface area contributed by atoms with Gasteiger partial charge in [-0.1, -0.05) is 31.0 Å². The van der Waals surface area contributed by atoms with Gasteiger partial charge in [0, 0.05) is 11.3 Å². The van der Waals surface area contributed by atoms with Crippen LogP contribution in [0.1, 0.15) is 29.5 Å². The minimum absolute atomic E-state index is 0.155. The molecule has 0 unspecified atom stereocenters. The van der Waals surface area contributed by atoms with Crippen molar-refractivity contribution in [2.24, 2.45) is 0 Å². The molecule has 0 bridgehead atoms. The number of nitrogens with two attached hydrogens (primary N) is 1. The van der Waals surface area contributed by atoms with E-state index in [0.717, 1.165) is 29.0 Å². The SMILES string of the molecule is CCCc1nc(N)sc1Cc1ccc(F)c(Cl)c1. The molecule has 1 heterocycles. The molecule has 1 aromatic heterocycles. The van der Waals surface area contributed by atoms with E-state index in [9.17, 15) is 4.39 Å². The van der Waals surface area contributed by atoms with E-state index in [1.54, 1.807) is 12.1 Å². The molecule has 0 saturated carbocycles. The fraction of sp³-hybridized carbons (Fsp3) is 0.308. The van der Waals surface area contributed by atoms with Crippen molar-refractivity contribution in [3.05, 3.63) is 45.2 Å². The number of nitrogen functional groups attached to an aromatic ring is 1. The van der Waals surface area contributed by atoms with Crippen LogP contribution in [-0.2, 0) is 12.8 Å². The van der Waals surface area contributed by atoms with Crippen LogP contribution in [-0.4, -0.2) is 4.98 Å². The molecular weight excluding hydrogens is 271 g/mol. The Hall–Kier alpha value is -1.13. The minimum Gasteiger partial charge on any atom is -0.375 e. The number of anilines is 1. The van der Waals surface area contributed by atoms with Crippen LogP contribution < -0.4 is 5.73 Å². The van der Waals surface area contributed by atoms with Crippen LogP contribution in [0.3, 0.4) is 0 Å². The van der Waals surface area contributed by atoms with Crippen molar-refractivity contribution in [3.63, 3.8) is 0 Å². The van der Waals surface area contributed by atoms with E-state index in [4.69, 9.17) is 17.3 Å². The van der Waals surface area contributed by atoms with Gasteiger partial charge in [0.05, 0.1) is 10.7 Å². The highest BCUT2D eigenvalue weighted by Crippen LogP contribution is 2.26. The van der Waals surface area contributed by atoms with Gasteiger partial charge in [-0.2, -0.15) is 0 Å². The summed E-state index contributed by atoms with van der Waals surface area (Å²) >= 11 is 7.26. The highest BCUT2D eigenvalue weighted by Gasteiger charge is 2.10. The highest BCUT2D eigenvalue weighted by atomic mass is 35.5.